The lowest BCUT2D eigenvalue weighted by Gasteiger charge is -2.18. The molecule has 5 heteroatoms. The first-order valence-corrected chi connectivity index (χ1v) is 10.6. The number of hydrogen-bond donors (Lipinski definition) is 1. The molecule has 3 aromatic carbocycles. The van der Waals surface area contributed by atoms with Crippen LogP contribution in [0.25, 0.3) is 0 Å². The van der Waals surface area contributed by atoms with Crippen LogP contribution in [0.3, 0.4) is 0 Å². The summed E-state index contributed by atoms with van der Waals surface area (Å²) in [5.41, 5.74) is 3.70. The van der Waals surface area contributed by atoms with E-state index in [4.69, 9.17) is 23.2 Å². The molecule has 1 unspecified atom stereocenters. The van der Waals surface area contributed by atoms with Crippen molar-refractivity contribution in [2.45, 2.75) is 11.7 Å². The largest absolute Gasteiger partial charge is 0.348 e. The SMILES string of the molecule is ClCC(Cl)B(c1ccccc1)c1ccccc1.c1ccc(Cc2ncc[nH]2)cc1. The van der Waals surface area contributed by atoms with E-state index in [9.17, 15) is 0 Å². The topological polar surface area (TPSA) is 28.7 Å². The molecule has 1 N–H and O–H groups in total. The zero-order chi connectivity index (χ0) is 20.3. The Labute approximate surface area is 183 Å². The fourth-order valence-electron chi connectivity index (χ4n) is 3.20. The highest BCUT2D eigenvalue weighted by molar-refractivity contribution is 6.91. The Morgan fingerprint density at radius 3 is 1.76 bits per heavy atom. The van der Waals surface area contributed by atoms with E-state index in [1.54, 1.807) is 6.20 Å². The molecular weight excluding hydrogens is 398 g/mol. The number of alkyl halides is 2. The number of halogens is 2. The summed E-state index contributed by atoms with van der Waals surface area (Å²) in [4.78, 5) is 7.23. The van der Waals surface area contributed by atoms with Crippen LogP contribution in [-0.2, 0) is 6.42 Å². The number of aromatic amines is 1. The monoisotopic (exact) mass is 420 g/mol. The van der Waals surface area contributed by atoms with Crippen LogP contribution in [0.4, 0.5) is 0 Å². The van der Waals surface area contributed by atoms with Gasteiger partial charge in [0.1, 0.15) is 5.82 Å². The summed E-state index contributed by atoms with van der Waals surface area (Å²) in [5, 5.41) is -0.0959. The third kappa shape index (κ3) is 6.52. The molecule has 1 heterocycles. The summed E-state index contributed by atoms with van der Waals surface area (Å²) < 4.78 is 0. The maximum Gasteiger partial charge on any atom is 0.229 e. The number of benzene rings is 3. The smallest absolute Gasteiger partial charge is 0.229 e. The van der Waals surface area contributed by atoms with Crippen molar-refractivity contribution in [3.63, 3.8) is 0 Å². The molecule has 1 aromatic heterocycles. The molecule has 0 fully saturated rings. The zero-order valence-electron chi connectivity index (χ0n) is 16.1. The second-order valence-corrected chi connectivity index (χ2v) is 7.54. The maximum atomic E-state index is 6.37. The molecule has 0 aliphatic rings. The van der Waals surface area contributed by atoms with Gasteiger partial charge in [-0.25, -0.2) is 4.98 Å². The summed E-state index contributed by atoms with van der Waals surface area (Å²) in [5.74, 6) is 1.46. The highest BCUT2D eigenvalue weighted by Crippen LogP contribution is 2.06. The van der Waals surface area contributed by atoms with Crippen molar-refractivity contribution < 1.29 is 0 Å². The van der Waals surface area contributed by atoms with Crippen LogP contribution in [0, 0.1) is 0 Å². The average molecular weight is 421 g/mol. The van der Waals surface area contributed by atoms with Crippen molar-refractivity contribution >= 4 is 40.8 Å². The standard InChI is InChI=1S/C14H13BCl2.C10H10N2/c16-11-14(17)15(12-7-3-1-4-8-12)13-9-5-2-6-10-13;1-2-4-9(5-3-1)8-10-11-6-7-12-10/h1-10,14H,11H2;1-7H,8H2,(H,11,12). The molecule has 0 spiro atoms. The summed E-state index contributed by atoms with van der Waals surface area (Å²) in [6, 6.07) is 30.8. The molecule has 0 aliphatic carbocycles. The number of H-pyrrole nitrogens is 1. The van der Waals surface area contributed by atoms with E-state index in [1.807, 2.05) is 60.8 Å². The Bertz CT molecular complexity index is 893. The van der Waals surface area contributed by atoms with Crippen molar-refractivity contribution in [2.24, 2.45) is 0 Å². The lowest BCUT2D eigenvalue weighted by Crippen LogP contribution is -2.50. The summed E-state index contributed by atoms with van der Waals surface area (Å²) in [6.07, 6.45) is 4.50. The Morgan fingerprint density at radius 2 is 1.31 bits per heavy atom. The van der Waals surface area contributed by atoms with E-state index < -0.39 is 0 Å². The van der Waals surface area contributed by atoms with Crippen LogP contribution in [0.15, 0.2) is 103 Å². The molecule has 4 rings (SSSR count). The Balaban J connectivity index is 0.000000176. The molecule has 1 atom stereocenters. The van der Waals surface area contributed by atoms with E-state index in [1.165, 1.54) is 16.5 Å². The van der Waals surface area contributed by atoms with Crippen LogP contribution in [0.2, 0.25) is 0 Å². The van der Waals surface area contributed by atoms with Crippen molar-refractivity contribution in [1.29, 1.82) is 0 Å². The number of rotatable bonds is 6. The Morgan fingerprint density at radius 1 is 0.793 bits per heavy atom. The van der Waals surface area contributed by atoms with Gasteiger partial charge in [-0.2, -0.15) is 0 Å². The maximum absolute atomic E-state index is 6.37. The quantitative estimate of drug-likeness (QED) is 0.356. The highest BCUT2D eigenvalue weighted by atomic mass is 35.5. The van der Waals surface area contributed by atoms with Crippen LogP contribution in [-0.4, -0.2) is 27.8 Å². The summed E-state index contributed by atoms with van der Waals surface area (Å²) in [7, 11) is 0. The first-order valence-electron chi connectivity index (χ1n) is 9.60. The molecule has 0 amide bonds. The van der Waals surface area contributed by atoms with Gasteiger partial charge in [0.2, 0.25) is 6.71 Å². The normalized spacial score (nSPS) is 11.2. The molecule has 0 saturated heterocycles. The molecule has 0 aliphatic heterocycles. The number of imidazole rings is 1. The molecular formula is C24H23BCl2N2. The van der Waals surface area contributed by atoms with Crippen molar-refractivity contribution in [3.05, 3.63) is 115 Å². The minimum atomic E-state index is -0.0959. The van der Waals surface area contributed by atoms with E-state index in [0.29, 0.717) is 5.88 Å². The number of aromatic nitrogens is 2. The average Bonchev–Trinajstić information content (AvgIpc) is 3.29. The van der Waals surface area contributed by atoms with Gasteiger partial charge in [-0.15, -0.1) is 23.2 Å². The predicted octanol–water partition coefficient (Wildman–Crippen LogP) is 4.68. The van der Waals surface area contributed by atoms with Gasteiger partial charge in [0.15, 0.2) is 0 Å². The van der Waals surface area contributed by atoms with Crippen molar-refractivity contribution in [1.82, 2.24) is 9.97 Å². The van der Waals surface area contributed by atoms with E-state index in [2.05, 4.69) is 46.4 Å². The summed E-state index contributed by atoms with van der Waals surface area (Å²) >= 11 is 12.3. The molecule has 29 heavy (non-hydrogen) atoms. The van der Waals surface area contributed by atoms with Crippen molar-refractivity contribution in [2.75, 3.05) is 5.88 Å². The molecule has 0 saturated carbocycles. The number of nitrogens with one attached hydrogen (secondary N) is 1. The van der Waals surface area contributed by atoms with Crippen LogP contribution >= 0.6 is 23.2 Å². The van der Waals surface area contributed by atoms with E-state index >= 15 is 0 Å². The molecule has 2 nitrogen and oxygen atoms in total. The third-order valence-electron chi connectivity index (χ3n) is 4.60. The van der Waals surface area contributed by atoms with Gasteiger partial charge < -0.3 is 4.98 Å². The van der Waals surface area contributed by atoms with Gasteiger partial charge >= 0.3 is 0 Å². The van der Waals surface area contributed by atoms with Gasteiger partial charge in [-0.05, 0) is 5.56 Å². The molecule has 4 aromatic rings. The predicted molar refractivity (Wildman–Crippen MR) is 126 cm³/mol. The lowest BCUT2D eigenvalue weighted by molar-refractivity contribution is 1.03. The minimum absolute atomic E-state index is 0.0959. The summed E-state index contributed by atoms with van der Waals surface area (Å²) in [6.45, 7) is 0.150. The number of nitrogens with zero attached hydrogens (tertiary/aromatic N) is 1. The third-order valence-corrected chi connectivity index (χ3v) is 5.49. The fourth-order valence-corrected chi connectivity index (χ4v) is 3.67. The van der Waals surface area contributed by atoms with E-state index in [-0.39, 0.29) is 12.0 Å². The zero-order valence-corrected chi connectivity index (χ0v) is 17.6. The van der Waals surface area contributed by atoms with Crippen LogP contribution in [0.5, 0.6) is 0 Å². The van der Waals surface area contributed by atoms with Gasteiger partial charge in [0.25, 0.3) is 0 Å². The van der Waals surface area contributed by atoms with Gasteiger partial charge in [-0.3, -0.25) is 0 Å². The lowest BCUT2D eigenvalue weighted by atomic mass is 9.38. The molecule has 0 bridgehead atoms. The van der Waals surface area contributed by atoms with E-state index in [0.717, 1.165) is 12.2 Å². The molecule has 146 valence electrons. The highest BCUT2D eigenvalue weighted by Gasteiger charge is 2.26. The van der Waals surface area contributed by atoms with Crippen molar-refractivity contribution in [3.8, 4) is 0 Å². The first kappa shape index (κ1) is 21.2. The molecule has 0 radical (unpaired) electrons. The minimum Gasteiger partial charge on any atom is -0.348 e. The fraction of sp³-hybridized carbons (Fsp3) is 0.125. The number of hydrogen-bond acceptors (Lipinski definition) is 1. The van der Waals surface area contributed by atoms with Gasteiger partial charge in [0.05, 0.1) is 0 Å². The van der Waals surface area contributed by atoms with Crippen LogP contribution < -0.4 is 10.9 Å². The Hall–Kier alpha value is -2.49. The van der Waals surface area contributed by atoms with Gasteiger partial charge in [-0.1, -0.05) is 102 Å². The van der Waals surface area contributed by atoms with Crippen LogP contribution in [0.1, 0.15) is 11.4 Å². The van der Waals surface area contributed by atoms with Gasteiger partial charge in [0, 0.05) is 30.0 Å². The Kier molecular flexibility index (Phi) is 8.42. The second-order valence-electron chi connectivity index (χ2n) is 6.67. The second kappa shape index (κ2) is 11.5. The first-order chi connectivity index (χ1) is 14.3.